The highest BCUT2D eigenvalue weighted by molar-refractivity contribution is 7.14. The van der Waals surface area contributed by atoms with E-state index in [-0.39, 0.29) is 5.97 Å². The molecule has 1 heterocycles. The second-order valence-electron chi connectivity index (χ2n) is 4.08. The van der Waals surface area contributed by atoms with Gasteiger partial charge in [-0.3, -0.25) is 4.79 Å². The van der Waals surface area contributed by atoms with Crippen LogP contribution in [0.1, 0.15) is 30.5 Å². The number of nitrogens with one attached hydrogen (secondary N) is 1. The molecular weight excluding hydrogens is 286 g/mol. The summed E-state index contributed by atoms with van der Waals surface area (Å²) >= 11 is 1.34. The Kier molecular flexibility index (Phi) is 4.75. The lowest BCUT2D eigenvalue weighted by molar-refractivity contribution is 0.0600. The van der Waals surface area contributed by atoms with E-state index >= 15 is 0 Å². The smallest absolute Gasteiger partial charge is 0.337 e. The number of methoxy groups -OCH3 is 1. The highest BCUT2D eigenvalue weighted by atomic mass is 32.1. The molecule has 0 spiro atoms. The van der Waals surface area contributed by atoms with Crippen molar-refractivity contribution in [1.82, 2.24) is 0 Å². The molecule has 1 N–H and O–H groups in total. The summed E-state index contributed by atoms with van der Waals surface area (Å²) < 4.78 is 4.63. The van der Waals surface area contributed by atoms with Crippen molar-refractivity contribution in [3.05, 3.63) is 51.2 Å². The second kappa shape index (κ2) is 6.73. The molecule has 2 aromatic rings. The van der Waals surface area contributed by atoms with Gasteiger partial charge < -0.3 is 10.1 Å². The van der Waals surface area contributed by atoms with E-state index in [2.05, 4.69) is 21.9 Å². The molecule has 0 radical (unpaired) electrons. The minimum Gasteiger partial charge on any atom is -0.465 e. The first-order valence-electron chi connectivity index (χ1n) is 6.15. The summed E-state index contributed by atoms with van der Waals surface area (Å²) in [6.45, 7) is 0. The summed E-state index contributed by atoms with van der Waals surface area (Å²) in [6.07, 6.45) is 0.812. The Labute approximate surface area is 126 Å². The van der Waals surface area contributed by atoms with E-state index in [1.807, 2.05) is 6.07 Å². The van der Waals surface area contributed by atoms with Crippen molar-refractivity contribution in [2.75, 3.05) is 19.5 Å². The van der Waals surface area contributed by atoms with E-state index < -0.39 is 0 Å². The van der Waals surface area contributed by atoms with Gasteiger partial charge in [0.05, 0.1) is 28.1 Å². The van der Waals surface area contributed by atoms with Crippen LogP contribution in [0.4, 0.5) is 5.69 Å². The van der Waals surface area contributed by atoms with Crippen LogP contribution in [0.5, 0.6) is 0 Å². The molecule has 0 aliphatic heterocycles. The van der Waals surface area contributed by atoms with Gasteiger partial charge >= 0.3 is 5.97 Å². The van der Waals surface area contributed by atoms with Gasteiger partial charge in [-0.2, -0.15) is 0 Å². The van der Waals surface area contributed by atoms with Crippen LogP contribution >= 0.6 is 11.3 Å². The molecule has 2 rings (SSSR count). The van der Waals surface area contributed by atoms with Crippen LogP contribution in [0.3, 0.4) is 0 Å². The van der Waals surface area contributed by atoms with Crippen LogP contribution in [0.15, 0.2) is 30.3 Å². The van der Waals surface area contributed by atoms with Crippen molar-refractivity contribution in [2.45, 2.75) is 0 Å². The SMILES string of the molecule is CNc1cc(C#Cc2ccc(C(=O)OC)cc2)sc1C=O. The van der Waals surface area contributed by atoms with E-state index in [4.69, 9.17) is 0 Å². The van der Waals surface area contributed by atoms with Crippen molar-refractivity contribution in [1.29, 1.82) is 0 Å². The average molecular weight is 299 g/mol. The highest BCUT2D eigenvalue weighted by Gasteiger charge is 2.05. The van der Waals surface area contributed by atoms with E-state index in [0.29, 0.717) is 10.4 Å². The lowest BCUT2D eigenvalue weighted by Crippen LogP contribution is -2.00. The molecule has 1 aromatic carbocycles. The fourth-order valence-corrected chi connectivity index (χ4v) is 2.53. The first-order chi connectivity index (χ1) is 10.2. The third-order valence-electron chi connectivity index (χ3n) is 2.77. The number of hydrogen-bond donors (Lipinski definition) is 1. The standard InChI is InChI=1S/C16H13NO3S/c1-17-14-9-13(21-15(14)10-18)8-5-11-3-6-12(7-4-11)16(19)20-2/h3-4,6-7,9-10,17H,1-2H3. The van der Waals surface area contributed by atoms with Gasteiger partial charge in [0.25, 0.3) is 0 Å². The molecule has 0 unspecified atom stereocenters. The number of aldehydes is 1. The third kappa shape index (κ3) is 3.50. The zero-order valence-electron chi connectivity index (χ0n) is 11.6. The number of ether oxygens (including phenoxy) is 1. The van der Waals surface area contributed by atoms with Gasteiger partial charge in [-0.1, -0.05) is 11.8 Å². The Morgan fingerprint density at radius 1 is 1.29 bits per heavy atom. The van der Waals surface area contributed by atoms with Crippen LogP contribution < -0.4 is 5.32 Å². The fourth-order valence-electron chi connectivity index (χ4n) is 1.69. The van der Waals surface area contributed by atoms with Crippen LogP contribution in [0.25, 0.3) is 0 Å². The second-order valence-corrected chi connectivity index (χ2v) is 5.16. The van der Waals surface area contributed by atoms with Crippen molar-refractivity contribution in [2.24, 2.45) is 0 Å². The van der Waals surface area contributed by atoms with E-state index in [1.54, 1.807) is 31.3 Å². The van der Waals surface area contributed by atoms with E-state index in [0.717, 1.165) is 22.4 Å². The number of carbonyl (C=O) groups excluding carboxylic acids is 2. The predicted octanol–water partition coefficient (Wildman–Crippen LogP) is 2.79. The highest BCUT2D eigenvalue weighted by Crippen LogP contribution is 2.24. The summed E-state index contributed by atoms with van der Waals surface area (Å²) in [5.74, 6) is 5.63. The molecule has 0 fully saturated rings. The van der Waals surface area contributed by atoms with Crippen LogP contribution in [-0.2, 0) is 4.74 Å². The molecule has 106 valence electrons. The lowest BCUT2D eigenvalue weighted by Gasteiger charge is -1.97. The molecule has 0 bridgehead atoms. The molecule has 0 amide bonds. The van der Waals surface area contributed by atoms with Crippen LogP contribution in [0, 0.1) is 11.8 Å². The maximum absolute atomic E-state index is 11.3. The quantitative estimate of drug-likeness (QED) is 0.538. The van der Waals surface area contributed by atoms with E-state index in [1.165, 1.54) is 18.4 Å². The molecule has 0 saturated carbocycles. The van der Waals surface area contributed by atoms with Gasteiger partial charge in [0.1, 0.15) is 0 Å². The molecule has 5 heteroatoms. The van der Waals surface area contributed by atoms with E-state index in [9.17, 15) is 9.59 Å². The van der Waals surface area contributed by atoms with Gasteiger partial charge in [0.15, 0.2) is 6.29 Å². The van der Waals surface area contributed by atoms with Crippen molar-refractivity contribution in [3.63, 3.8) is 0 Å². The Morgan fingerprint density at radius 2 is 2.00 bits per heavy atom. The molecule has 21 heavy (non-hydrogen) atoms. The number of anilines is 1. The Balaban J connectivity index is 2.21. The number of rotatable bonds is 3. The van der Waals surface area contributed by atoms with Crippen LogP contribution in [0.2, 0.25) is 0 Å². The summed E-state index contributed by atoms with van der Waals surface area (Å²) in [6, 6.07) is 8.68. The monoisotopic (exact) mass is 299 g/mol. The lowest BCUT2D eigenvalue weighted by atomic mass is 10.1. The van der Waals surface area contributed by atoms with Crippen molar-refractivity contribution < 1.29 is 14.3 Å². The first-order valence-corrected chi connectivity index (χ1v) is 6.96. The Hall–Kier alpha value is -2.58. The minimum absolute atomic E-state index is 0.373. The number of esters is 1. The number of carbonyl (C=O) groups is 2. The number of benzene rings is 1. The van der Waals surface area contributed by atoms with Gasteiger partial charge in [0, 0.05) is 12.6 Å². The van der Waals surface area contributed by atoms with Gasteiger partial charge in [-0.25, -0.2) is 4.79 Å². The fraction of sp³-hybridized carbons (Fsp3) is 0.125. The molecule has 4 nitrogen and oxygen atoms in total. The maximum Gasteiger partial charge on any atom is 0.337 e. The Bertz CT molecular complexity index is 720. The van der Waals surface area contributed by atoms with Crippen LogP contribution in [-0.4, -0.2) is 26.4 Å². The van der Waals surface area contributed by atoms with Gasteiger partial charge in [-0.15, -0.1) is 11.3 Å². The molecule has 0 aliphatic rings. The predicted molar refractivity (Wildman–Crippen MR) is 83.0 cm³/mol. The average Bonchev–Trinajstić information content (AvgIpc) is 2.95. The first kappa shape index (κ1) is 14.8. The van der Waals surface area contributed by atoms with Crippen molar-refractivity contribution >= 4 is 29.3 Å². The third-order valence-corrected chi connectivity index (χ3v) is 3.75. The Morgan fingerprint density at radius 3 is 2.52 bits per heavy atom. The number of thiophene rings is 1. The molecular formula is C16H13NO3S. The molecule has 0 saturated heterocycles. The summed E-state index contributed by atoms with van der Waals surface area (Å²) in [5, 5.41) is 2.95. The maximum atomic E-state index is 11.3. The molecule has 0 atom stereocenters. The van der Waals surface area contributed by atoms with Gasteiger partial charge in [-0.05, 0) is 30.3 Å². The zero-order chi connectivity index (χ0) is 15.2. The molecule has 0 aliphatic carbocycles. The molecule has 1 aromatic heterocycles. The van der Waals surface area contributed by atoms with Crippen molar-refractivity contribution in [3.8, 4) is 11.8 Å². The largest absolute Gasteiger partial charge is 0.465 e. The number of hydrogen-bond acceptors (Lipinski definition) is 5. The van der Waals surface area contributed by atoms with Gasteiger partial charge in [0.2, 0.25) is 0 Å². The topological polar surface area (TPSA) is 55.4 Å². The summed E-state index contributed by atoms with van der Waals surface area (Å²) in [4.78, 5) is 23.6. The summed E-state index contributed by atoms with van der Waals surface area (Å²) in [7, 11) is 3.11. The minimum atomic E-state index is -0.373. The zero-order valence-corrected chi connectivity index (χ0v) is 12.4. The summed E-state index contributed by atoms with van der Waals surface area (Å²) in [5.41, 5.74) is 2.05. The normalized spacial score (nSPS) is 9.43.